The molecule has 16 heavy (non-hydrogen) atoms. The summed E-state index contributed by atoms with van der Waals surface area (Å²) in [6, 6.07) is 0.137. The minimum atomic E-state index is -1.13. The van der Waals surface area contributed by atoms with Crippen molar-refractivity contribution in [2.45, 2.75) is 31.3 Å². The lowest BCUT2D eigenvalue weighted by molar-refractivity contribution is 0.0609. The van der Waals surface area contributed by atoms with E-state index < -0.39 is 11.6 Å². The lowest BCUT2D eigenvalue weighted by Crippen LogP contribution is -2.33. The minimum absolute atomic E-state index is 0.137. The number of carbonyl (C=O) groups is 1. The standard InChI is InChI=1S/C10H14N2O4/c13-8(14)7-5-16-9(12-7)11-6-10(15)3-1-2-4-10/h5,15H,1-4,6H2,(H,11,12)(H,13,14). The number of anilines is 1. The highest BCUT2D eigenvalue weighted by molar-refractivity contribution is 5.85. The van der Waals surface area contributed by atoms with Crippen molar-refractivity contribution in [3.63, 3.8) is 0 Å². The van der Waals surface area contributed by atoms with E-state index in [1.807, 2.05) is 0 Å². The van der Waals surface area contributed by atoms with Crippen molar-refractivity contribution >= 4 is 12.0 Å². The van der Waals surface area contributed by atoms with E-state index in [1.54, 1.807) is 0 Å². The van der Waals surface area contributed by atoms with E-state index in [2.05, 4.69) is 10.3 Å². The predicted octanol–water partition coefficient (Wildman–Crippen LogP) is 1.09. The zero-order valence-electron chi connectivity index (χ0n) is 8.77. The maximum Gasteiger partial charge on any atom is 0.357 e. The monoisotopic (exact) mass is 226 g/mol. The van der Waals surface area contributed by atoms with Crippen molar-refractivity contribution in [3.8, 4) is 0 Å². The van der Waals surface area contributed by atoms with E-state index >= 15 is 0 Å². The highest BCUT2D eigenvalue weighted by atomic mass is 16.4. The van der Waals surface area contributed by atoms with Gasteiger partial charge in [-0.3, -0.25) is 0 Å². The molecule has 6 nitrogen and oxygen atoms in total. The van der Waals surface area contributed by atoms with Gasteiger partial charge in [0.05, 0.1) is 5.60 Å². The molecule has 0 aromatic carbocycles. The Morgan fingerprint density at radius 3 is 2.81 bits per heavy atom. The molecule has 0 aliphatic heterocycles. The first-order valence-electron chi connectivity index (χ1n) is 5.24. The van der Waals surface area contributed by atoms with Crippen LogP contribution in [0.5, 0.6) is 0 Å². The average molecular weight is 226 g/mol. The summed E-state index contributed by atoms with van der Waals surface area (Å²) in [5, 5.41) is 21.5. The third-order valence-electron chi connectivity index (χ3n) is 2.83. The fraction of sp³-hybridized carbons (Fsp3) is 0.600. The SMILES string of the molecule is O=C(O)c1coc(NCC2(O)CCCC2)n1. The molecule has 0 unspecified atom stereocenters. The Morgan fingerprint density at radius 2 is 2.25 bits per heavy atom. The number of aromatic carboxylic acids is 1. The highest BCUT2D eigenvalue weighted by Gasteiger charge is 2.31. The molecule has 1 aliphatic carbocycles. The number of nitrogens with one attached hydrogen (secondary N) is 1. The van der Waals surface area contributed by atoms with Crippen LogP contribution in [0, 0.1) is 0 Å². The van der Waals surface area contributed by atoms with E-state index in [-0.39, 0.29) is 11.7 Å². The molecule has 0 spiro atoms. The van der Waals surface area contributed by atoms with Crippen molar-refractivity contribution in [3.05, 3.63) is 12.0 Å². The molecule has 1 fully saturated rings. The number of hydrogen-bond acceptors (Lipinski definition) is 5. The molecule has 0 amide bonds. The lowest BCUT2D eigenvalue weighted by atomic mass is 10.0. The first-order valence-corrected chi connectivity index (χ1v) is 5.24. The third kappa shape index (κ3) is 2.33. The van der Waals surface area contributed by atoms with E-state index in [1.165, 1.54) is 0 Å². The number of rotatable bonds is 4. The van der Waals surface area contributed by atoms with Gasteiger partial charge in [-0.05, 0) is 12.8 Å². The van der Waals surface area contributed by atoms with Crippen LogP contribution in [0.1, 0.15) is 36.2 Å². The summed E-state index contributed by atoms with van der Waals surface area (Å²) in [7, 11) is 0. The molecule has 88 valence electrons. The predicted molar refractivity (Wildman–Crippen MR) is 55.4 cm³/mol. The molecule has 1 aromatic heterocycles. The summed E-state index contributed by atoms with van der Waals surface area (Å²) in [5.41, 5.74) is -0.849. The van der Waals surface area contributed by atoms with Gasteiger partial charge in [0.25, 0.3) is 6.01 Å². The Kier molecular flexibility index (Phi) is 2.82. The first-order chi connectivity index (χ1) is 7.59. The maximum absolute atomic E-state index is 10.5. The summed E-state index contributed by atoms with van der Waals surface area (Å²) >= 11 is 0. The molecule has 6 heteroatoms. The van der Waals surface area contributed by atoms with Gasteiger partial charge >= 0.3 is 5.97 Å². The summed E-state index contributed by atoms with van der Waals surface area (Å²) < 4.78 is 4.92. The molecular formula is C10H14N2O4. The second-order valence-electron chi connectivity index (χ2n) is 4.13. The lowest BCUT2D eigenvalue weighted by Gasteiger charge is -2.21. The van der Waals surface area contributed by atoms with Crippen LogP contribution in [0.2, 0.25) is 0 Å². The Balaban J connectivity index is 1.91. The molecule has 0 atom stereocenters. The first kappa shape index (κ1) is 10.9. The zero-order chi connectivity index (χ0) is 11.6. The second-order valence-corrected chi connectivity index (χ2v) is 4.13. The topological polar surface area (TPSA) is 95.6 Å². The molecule has 1 aliphatic rings. The van der Waals surface area contributed by atoms with Crippen molar-refractivity contribution in [2.24, 2.45) is 0 Å². The Labute approximate surface area is 92.3 Å². The molecular weight excluding hydrogens is 212 g/mol. The van der Waals surface area contributed by atoms with Gasteiger partial charge in [0.15, 0.2) is 5.69 Å². The van der Waals surface area contributed by atoms with Crippen molar-refractivity contribution in [2.75, 3.05) is 11.9 Å². The van der Waals surface area contributed by atoms with E-state index in [4.69, 9.17) is 9.52 Å². The molecule has 1 aromatic rings. The molecule has 0 radical (unpaired) electrons. The van der Waals surface area contributed by atoms with Crippen molar-refractivity contribution in [1.82, 2.24) is 4.98 Å². The fourth-order valence-electron chi connectivity index (χ4n) is 1.90. The Morgan fingerprint density at radius 1 is 1.56 bits per heavy atom. The van der Waals surface area contributed by atoms with Crippen LogP contribution in [-0.2, 0) is 0 Å². The van der Waals surface area contributed by atoms with Gasteiger partial charge in [0, 0.05) is 6.54 Å². The molecule has 1 heterocycles. The smallest absolute Gasteiger partial charge is 0.357 e. The highest BCUT2D eigenvalue weighted by Crippen LogP contribution is 2.29. The molecule has 2 rings (SSSR count). The molecule has 0 bridgehead atoms. The summed E-state index contributed by atoms with van der Waals surface area (Å²) in [5.74, 6) is -1.13. The maximum atomic E-state index is 10.5. The Hall–Kier alpha value is -1.56. The number of carboxylic acid groups (broad SMARTS) is 1. The van der Waals surface area contributed by atoms with Crippen molar-refractivity contribution in [1.29, 1.82) is 0 Å². The number of aromatic nitrogens is 1. The fourth-order valence-corrected chi connectivity index (χ4v) is 1.90. The van der Waals surface area contributed by atoms with Gasteiger partial charge in [0.1, 0.15) is 6.26 Å². The van der Waals surface area contributed by atoms with Crippen LogP contribution in [-0.4, -0.2) is 33.3 Å². The van der Waals surface area contributed by atoms with E-state index in [0.29, 0.717) is 6.54 Å². The van der Waals surface area contributed by atoms with Gasteiger partial charge < -0.3 is 19.9 Å². The van der Waals surface area contributed by atoms with Crippen LogP contribution in [0.15, 0.2) is 10.7 Å². The minimum Gasteiger partial charge on any atom is -0.476 e. The zero-order valence-corrected chi connectivity index (χ0v) is 8.77. The van der Waals surface area contributed by atoms with Gasteiger partial charge in [-0.25, -0.2) is 4.79 Å². The van der Waals surface area contributed by atoms with Crippen LogP contribution < -0.4 is 5.32 Å². The Bertz CT molecular complexity index is 382. The van der Waals surface area contributed by atoms with Crippen LogP contribution in [0.3, 0.4) is 0 Å². The molecule has 1 saturated carbocycles. The van der Waals surface area contributed by atoms with Gasteiger partial charge in [-0.15, -0.1) is 0 Å². The van der Waals surface area contributed by atoms with Gasteiger partial charge in [0.2, 0.25) is 0 Å². The third-order valence-corrected chi connectivity index (χ3v) is 2.83. The summed E-state index contributed by atoms with van der Waals surface area (Å²) in [6.45, 7) is 0.340. The largest absolute Gasteiger partial charge is 0.476 e. The van der Waals surface area contributed by atoms with Crippen LogP contribution in [0.4, 0.5) is 6.01 Å². The van der Waals surface area contributed by atoms with E-state index in [0.717, 1.165) is 31.9 Å². The molecule has 3 N–H and O–H groups in total. The second kappa shape index (κ2) is 4.13. The number of carboxylic acids is 1. The van der Waals surface area contributed by atoms with Gasteiger partial charge in [-0.2, -0.15) is 4.98 Å². The number of aliphatic hydroxyl groups is 1. The van der Waals surface area contributed by atoms with Crippen molar-refractivity contribution < 1.29 is 19.4 Å². The molecule has 0 saturated heterocycles. The average Bonchev–Trinajstić information content (AvgIpc) is 2.84. The summed E-state index contributed by atoms with van der Waals surface area (Å²) in [6.07, 6.45) is 4.62. The summed E-state index contributed by atoms with van der Waals surface area (Å²) in [4.78, 5) is 14.3. The number of oxazole rings is 1. The normalized spacial score (nSPS) is 18.6. The van der Waals surface area contributed by atoms with Crippen LogP contribution >= 0.6 is 0 Å². The number of hydrogen-bond donors (Lipinski definition) is 3. The number of nitrogens with zero attached hydrogens (tertiary/aromatic N) is 1. The quantitative estimate of drug-likeness (QED) is 0.711. The van der Waals surface area contributed by atoms with Gasteiger partial charge in [-0.1, -0.05) is 12.8 Å². The van der Waals surface area contributed by atoms with Crippen LogP contribution in [0.25, 0.3) is 0 Å². The van der Waals surface area contributed by atoms with E-state index in [9.17, 15) is 9.90 Å².